The highest BCUT2D eigenvalue weighted by Crippen LogP contribution is 2.39. The Bertz CT molecular complexity index is 1280. The van der Waals surface area contributed by atoms with Crippen molar-refractivity contribution in [3.63, 3.8) is 0 Å². The summed E-state index contributed by atoms with van der Waals surface area (Å²) in [5.74, 6) is 1.47. The summed E-state index contributed by atoms with van der Waals surface area (Å²) in [6.07, 6.45) is 0. The number of aromatic nitrogens is 2. The van der Waals surface area contributed by atoms with Gasteiger partial charge in [0.15, 0.2) is 11.5 Å². The van der Waals surface area contributed by atoms with Crippen molar-refractivity contribution in [2.24, 2.45) is 0 Å². The second kappa shape index (κ2) is 11.7. The van der Waals surface area contributed by atoms with Crippen LogP contribution in [0.15, 0.2) is 47.4 Å². The minimum atomic E-state index is -3.88. The van der Waals surface area contributed by atoms with Gasteiger partial charge in [0.2, 0.25) is 5.75 Å². The second-order valence-corrected chi connectivity index (χ2v) is 9.31. The first-order chi connectivity index (χ1) is 17.2. The van der Waals surface area contributed by atoms with Crippen molar-refractivity contribution in [1.29, 1.82) is 0 Å². The summed E-state index contributed by atoms with van der Waals surface area (Å²) in [4.78, 5) is 21.2. The van der Waals surface area contributed by atoms with Crippen LogP contribution in [0.2, 0.25) is 0 Å². The molecule has 36 heavy (non-hydrogen) atoms. The van der Waals surface area contributed by atoms with E-state index in [1.807, 2.05) is 20.8 Å². The monoisotopic (exact) mass is 514 g/mol. The van der Waals surface area contributed by atoms with E-state index in [0.29, 0.717) is 59.8 Å². The number of nitrogens with one attached hydrogen (secondary N) is 2. The van der Waals surface area contributed by atoms with E-state index >= 15 is 0 Å². The Morgan fingerprint density at radius 2 is 1.44 bits per heavy atom. The summed E-state index contributed by atoms with van der Waals surface area (Å²) < 4.78 is 45.0. The van der Waals surface area contributed by atoms with Crippen molar-refractivity contribution in [1.82, 2.24) is 9.97 Å². The molecular formula is C25H30N4O6S. The van der Waals surface area contributed by atoms with Crippen molar-refractivity contribution in [3.05, 3.63) is 59.5 Å². The molecule has 1 heterocycles. The SMILES string of the molecule is CCOc1cc(C(=O)Nc2ccc(S(=O)(=O)Nc3cc(C)nc(C)n3)cc2)cc(OCC)c1OCC. The number of carbonyl (C=O) groups excluding carboxylic acids is 1. The number of hydrogen-bond acceptors (Lipinski definition) is 8. The number of rotatable bonds is 11. The number of sulfonamides is 1. The molecule has 0 fully saturated rings. The fraction of sp³-hybridized carbons (Fsp3) is 0.320. The third-order valence-electron chi connectivity index (χ3n) is 4.80. The van der Waals surface area contributed by atoms with Gasteiger partial charge >= 0.3 is 0 Å². The molecule has 11 heteroatoms. The van der Waals surface area contributed by atoms with Gasteiger partial charge in [-0.25, -0.2) is 18.4 Å². The van der Waals surface area contributed by atoms with Crippen LogP contribution in [0.3, 0.4) is 0 Å². The van der Waals surface area contributed by atoms with Crippen molar-refractivity contribution in [2.45, 2.75) is 39.5 Å². The minimum absolute atomic E-state index is 0.0211. The Hall–Kier alpha value is -3.86. The van der Waals surface area contributed by atoms with E-state index in [-0.39, 0.29) is 10.7 Å². The molecule has 0 aliphatic carbocycles. The van der Waals surface area contributed by atoms with Crippen LogP contribution in [-0.2, 0) is 10.0 Å². The molecule has 2 aromatic carbocycles. The van der Waals surface area contributed by atoms with Crippen LogP contribution in [0.25, 0.3) is 0 Å². The number of hydrogen-bond donors (Lipinski definition) is 2. The molecule has 192 valence electrons. The van der Waals surface area contributed by atoms with E-state index in [0.717, 1.165) is 0 Å². The summed E-state index contributed by atoms with van der Waals surface area (Å²) in [6, 6.07) is 10.5. The fourth-order valence-electron chi connectivity index (χ4n) is 3.41. The van der Waals surface area contributed by atoms with Crippen LogP contribution >= 0.6 is 0 Å². The highest BCUT2D eigenvalue weighted by Gasteiger charge is 2.19. The Labute approximate surface area is 211 Å². The topological polar surface area (TPSA) is 129 Å². The molecule has 0 spiro atoms. The molecule has 0 saturated carbocycles. The van der Waals surface area contributed by atoms with Crippen LogP contribution < -0.4 is 24.2 Å². The van der Waals surface area contributed by atoms with Gasteiger partial charge in [-0.1, -0.05) is 0 Å². The summed E-state index contributed by atoms with van der Waals surface area (Å²) in [5, 5.41) is 2.76. The number of amides is 1. The zero-order valence-corrected chi connectivity index (χ0v) is 21.7. The number of nitrogens with zero attached hydrogens (tertiary/aromatic N) is 2. The van der Waals surface area contributed by atoms with Gasteiger partial charge in [0.25, 0.3) is 15.9 Å². The maximum Gasteiger partial charge on any atom is 0.263 e. The molecule has 0 aliphatic heterocycles. The molecule has 3 rings (SSSR count). The lowest BCUT2D eigenvalue weighted by atomic mass is 10.1. The molecule has 0 aliphatic rings. The number of aryl methyl sites for hydroxylation is 2. The summed E-state index contributed by atoms with van der Waals surface area (Å²) >= 11 is 0. The lowest BCUT2D eigenvalue weighted by Crippen LogP contribution is -2.15. The van der Waals surface area contributed by atoms with Gasteiger partial charge in [-0.2, -0.15) is 0 Å². The average molecular weight is 515 g/mol. The smallest absolute Gasteiger partial charge is 0.263 e. The van der Waals surface area contributed by atoms with Gasteiger partial charge in [-0.05, 0) is 71.0 Å². The maximum atomic E-state index is 13.0. The Morgan fingerprint density at radius 1 is 0.861 bits per heavy atom. The van der Waals surface area contributed by atoms with Gasteiger partial charge in [0, 0.05) is 23.0 Å². The summed E-state index contributed by atoms with van der Waals surface area (Å²) in [6.45, 7) is 10.1. The highest BCUT2D eigenvalue weighted by molar-refractivity contribution is 7.92. The van der Waals surface area contributed by atoms with Gasteiger partial charge < -0.3 is 19.5 Å². The Balaban J connectivity index is 1.80. The molecule has 0 saturated heterocycles. The molecular weight excluding hydrogens is 484 g/mol. The van der Waals surface area contributed by atoms with Crippen LogP contribution in [0, 0.1) is 13.8 Å². The van der Waals surface area contributed by atoms with Crippen molar-refractivity contribution < 1.29 is 27.4 Å². The van der Waals surface area contributed by atoms with Crippen molar-refractivity contribution in [2.75, 3.05) is 29.9 Å². The molecule has 0 atom stereocenters. The second-order valence-electron chi connectivity index (χ2n) is 7.63. The van der Waals surface area contributed by atoms with E-state index in [4.69, 9.17) is 14.2 Å². The molecule has 0 unspecified atom stereocenters. The van der Waals surface area contributed by atoms with E-state index in [2.05, 4.69) is 20.0 Å². The van der Waals surface area contributed by atoms with Crippen LogP contribution in [0.1, 0.15) is 42.6 Å². The standard InChI is InChI=1S/C25H30N4O6S/c1-6-33-21-14-18(15-22(34-7-2)24(21)35-8-3)25(30)28-19-9-11-20(12-10-19)36(31,32)29-23-13-16(4)26-17(5)27-23/h9-15H,6-8H2,1-5H3,(H,28,30)(H,26,27,29). The van der Waals surface area contributed by atoms with E-state index in [1.54, 1.807) is 32.0 Å². The first-order valence-corrected chi connectivity index (χ1v) is 13.0. The molecule has 1 aromatic heterocycles. The number of carbonyl (C=O) groups is 1. The average Bonchev–Trinajstić information content (AvgIpc) is 2.80. The van der Waals surface area contributed by atoms with Crippen LogP contribution in [0.5, 0.6) is 17.2 Å². The summed E-state index contributed by atoms with van der Waals surface area (Å²) in [7, 11) is -3.88. The third-order valence-corrected chi connectivity index (χ3v) is 6.17. The van der Waals surface area contributed by atoms with Gasteiger partial charge in [-0.15, -0.1) is 0 Å². The maximum absolute atomic E-state index is 13.0. The van der Waals surface area contributed by atoms with E-state index in [1.165, 1.54) is 24.3 Å². The number of benzene rings is 2. The number of ether oxygens (including phenoxy) is 3. The molecule has 10 nitrogen and oxygen atoms in total. The summed E-state index contributed by atoms with van der Waals surface area (Å²) in [5.41, 5.74) is 1.36. The quantitative estimate of drug-likeness (QED) is 0.387. The predicted molar refractivity (Wildman–Crippen MR) is 137 cm³/mol. The lowest BCUT2D eigenvalue weighted by Gasteiger charge is -2.17. The highest BCUT2D eigenvalue weighted by atomic mass is 32.2. The minimum Gasteiger partial charge on any atom is -0.490 e. The molecule has 0 bridgehead atoms. The van der Waals surface area contributed by atoms with Crippen molar-refractivity contribution >= 4 is 27.4 Å². The zero-order valence-electron chi connectivity index (χ0n) is 20.9. The zero-order chi connectivity index (χ0) is 26.3. The largest absolute Gasteiger partial charge is 0.490 e. The van der Waals surface area contributed by atoms with Gasteiger partial charge in [0.1, 0.15) is 11.6 Å². The molecule has 0 radical (unpaired) electrons. The lowest BCUT2D eigenvalue weighted by molar-refractivity contribution is 0.102. The third kappa shape index (κ3) is 6.63. The van der Waals surface area contributed by atoms with E-state index in [9.17, 15) is 13.2 Å². The Kier molecular flexibility index (Phi) is 8.70. The Morgan fingerprint density at radius 3 is 1.97 bits per heavy atom. The van der Waals surface area contributed by atoms with E-state index < -0.39 is 15.9 Å². The van der Waals surface area contributed by atoms with Gasteiger partial charge in [-0.3, -0.25) is 9.52 Å². The number of anilines is 2. The molecule has 1 amide bonds. The first kappa shape index (κ1) is 26.7. The van der Waals surface area contributed by atoms with Crippen molar-refractivity contribution in [3.8, 4) is 17.2 Å². The molecule has 2 N–H and O–H groups in total. The van der Waals surface area contributed by atoms with Gasteiger partial charge in [0.05, 0.1) is 24.7 Å². The predicted octanol–water partition coefficient (Wildman–Crippen LogP) is 4.34. The normalized spacial score (nSPS) is 11.0. The first-order valence-electron chi connectivity index (χ1n) is 11.5. The van der Waals surface area contributed by atoms with Crippen LogP contribution in [-0.4, -0.2) is 44.1 Å². The fourth-order valence-corrected chi connectivity index (χ4v) is 4.40. The van der Waals surface area contributed by atoms with Crippen LogP contribution in [0.4, 0.5) is 11.5 Å². The molecule has 3 aromatic rings.